The van der Waals surface area contributed by atoms with Crippen LogP contribution < -0.4 is 0 Å². The Morgan fingerprint density at radius 2 is 0.442 bits per heavy atom. The molecule has 0 radical (unpaired) electrons. The molecule has 0 aromatic heterocycles. The second-order valence-corrected chi connectivity index (χ2v) is 24.6. The number of benzene rings is 12. The average molecular weight is 1110 g/mol. The molecule has 0 nitrogen and oxygen atoms in total. The molecule has 2 aliphatic rings. The van der Waals surface area contributed by atoms with E-state index >= 15 is 0 Å². The average Bonchev–Trinajstić information content (AvgIpc) is 1.54. The lowest BCUT2D eigenvalue weighted by atomic mass is 9.82. The van der Waals surface area contributed by atoms with Crippen LogP contribution in [0.1, 0.15) is 148 Å². The summed E-state index contributed by atoms with van der Waals surface area (Å²) >= 11 is 0. The van der Waals surface area contributed by atoms with Crippen molar-refractivity contribution in [3.8, 4) is 44.5 Å². The Hall–Kier alpha value is -8.84. The third-order valence-corrected chi connectivity index (χ3v) is 19.0. The molecule has 0 heterocycles. The van der Waals surface area contributed by atoms with Gasteiger partial charge in [0.25, 0.3) is 0 Å². The minimum Gasteiger partial charge on any atom is -0.0654 e. The van der Waals surface area contributed by atoms with Crippen molar-refractivity contribution >= 4 is 65.4 Å². The highest BCUT2D eigenvalue weighted by molar-refractivity contribution is 6.38. The third kappa shape index (κ3) is 10.4. The van der Waals surface area contributed by atoms with Crippen LogP contribution in [0, 0.1) is 0 Å². The monoisotopic (exact) mass is 1110 g/mol. The maximum atomic E-state index is 2.63. The standard InChI is InChI=1S/C86H78/c1-3-5-7-9-11-13-19-33-59-47-51-65(52-48-59)83-75-55-71-73(81(63-39-25-17-26-40-63)69-45-31-29-43-67(69)79(71)61-35-21-15-22-36-61)57-77(75)86-84(66-53-49-60(50-54-66)34-20-14-12-10-8-6-4-2)76-56-72-74(58-78(76)85(83)86)82(64-41-27-18-28-42-64)70-46-32-30-44-68(70)80(72)62-37-23-16-24-38-62/h15-18,21-32,35-58H,3-14,19-20,33-34H2,1-2H3. The van der Waals surface area contributed by atoms with E-state index in [4.69, 9.17) is 0 Å². The Bertz CT molecular complexity index is 4170. The summed E-state index contributed by atoms with van der Waals surface area (Å²) in [5.41, 5.74) is 26.0. The van der Waals surface area contributed by atoms with Crippen molar-refractivity contribution in [2.75, 3.05) is 0 Å². The molecule has 0 fully saturated rings. The van der Waals surface area contributed by atoms with Gasteiger partial charge < -0.3 is 0 Å². The number of hydrogen-bond acceptors (Lipinski definition) is 0. The van der Waals surface area contributed by atoms with Gasteiger partial charge in [0.1, 0.15) is 0 Å². The highest BCUT2D eigenvalue weighted by atomic mass is 14.4. The van der Waals surface area contributed by atoms with E-state index in [1.165, 1.54) is 244 Å². The lowest BCUT2D eigenvalue weighted by Gasteiger charge is -2.21. The molecule has 0 spiro atoms. The Morgan fingerprint density at radius 1 is 0.198 bits per heavy atom. The minimum absolute atomic E-state index is 1.11. The molecule has 0 amide bonds. The zero-order chi connectivity index (χ0) is 57.8. The van der Waals surface area contributed by atoms with Crippen molar-refractivity contribution in [2.45, 2.75) is 117 Å². The van der Waals surface area contributed by atoms with Crippen molar-refractivity contribution in [3.05, 3.63) is 287 Å². The molecule has 0 saturated heterocycles. The predicted octanol–water partition coefficient (Wildman–Crippen LogP) is 24.8. The molecular weight excluding hydrogens is 1030 g/mol. The summed E-state index contributed by atoms with van der Waals surface area (Å²) in [7, 11) is 0. The predicted molar refractivity (Wildman–Crippen MR) is 373 cm³/mol. The first kappa shape index (κ1) is 55.1. The number of unbranched alkanes of at least 4 members (excludes halogenated alkanes) is 12. The van der Waals surface area contributed by atoms with Gasteiger partial charge >= 0.3 is 0 Å². The molecule has 86 heavy (non-hydrogen) atoms. The van der Waals surface area contributed by atoms with E-state index < -0.39 is 0 Å². The van der Waals surface area contributed by atoms with Gasteiger partial charge in [-0.1, -0.05) is 309 Å². The summed E-state index contributed by atoms with van der Waals surface area (Å²) in [5, 5.41) is 10.2. The van der Waals surface area contributed by atoms with Crippen LogP contribution in [0.15, 0.2) is 243 Å². The van der Waals surface area contributed by atoms with Gasteiger partial charge in [-0.15, -0.1) is 0 Å². The van der Waals surface area contributed by atoms with Gasteiger partial charge in [0.2, 0.25) is 0 Å². The molecule has 12 aromatic carbocycles. The van der Waals surface area contributed by atoms with Gasteiger partial charge in [-0.05, 0) is 204 Å². The fraction of sp³-hybridized carbons (Fsp3) is 0.209. The van der Waals surface area contributed by atoms with Gasteiger partial charge in [-0.3, -0.25) is 0 Å². The van der Waals surface area contributed by atoms with Crippen LogP contribution in [-0.2, 0) is 12.8 Å². The molecule has 0 atom stereocenters. The van der Waals surface area contributed by atoms with Crippen molar-refractivity contribution < 1.29 is 0 Å². The van der Waals surface area contributed by atoms with Crippen molar-refractivity contribution in [2.24, 2.45) is 0 Å². The summed E-state index contributed by atoms with van der Waals surface area (Å²) in [5.74, 6) is 0. The summed E-state index contributed by atoms with van der Waals surface area (Å²) in [4.78, 5) is 0. The van der Waals surface area contributed by atoms with Gasteiger partial charge in [0, 0.05) is 0 Å². The molecule has 0 unspecified atom stereocenters. The SMILES string of the molecule is CCCCCCCCCc1ccc(C2=C3C(=C(c4ccc(CCCCCCCCC)cc4)c4cc5c(-c6ccccc6)c6ccccc6c(-c6ccccc6)c5cc43)c3cc4c(-c5ccccc5)c5ccccc5c(-c5ccccc5)c4cc32)cc1. The summed E-state index contributed by atoms with van der Waals surface area (Å²) < 4.78 is 0. The van der Waals surface area contributed by atoms with Gasteiger partial charge in [0.15, 0.2) is 0 Å². The molecule has 2 aliphatic carbocycles. The van der Waals surface area contributed by atoms with E-state index in [1.807, 2.05) is 0 Å². The minimum atomic E-state index is 1.11. The largest absolute Gasteiger partial charge is 0.0654 e. The molecule has 0 saturated carbocycles. The maximum absolute atomic E-state index is 2.63. The lowest BCUT2D eigenvalue weighted by Crippen LogP contribution is -1.98. The zero-order valence-corrected chi connectivity index (χ0v) is 50.4. The van der Waals surface area contributed by atoms with Crippen LogP contribution in [0.5, 0.6) is 0 Å². The zero-order valence-electron chi connectivity index (χ0n) is 50.4. The topological polar surface area (TPSA) is 0 Å². The molecular formula is C86H78. The van der Waals surface area contributed by atoms with Crippen LogP contribution in [0.25, 0.3) is 110 Å². The highest BCUT2D eigenvalue weighted by Gasteiger charge is 2.39. The fourth-order valence-corrected chi connectivity index (χ4v) is 14.8. The first-order chi connectivity index (χ1) is 42.7. The Labute approximate surface area is 510 Å². The number of aryl methyl sites for hydroxylation is 2. The number of rotatable bonds is 22. The number of hydrogen-bond donors (Lipinski definition) is 0. The van der Waals surface area contributed by atoms with Crippen LogP contribution in [0.4, 0.5) is 0 Å². The van der Waals surface area contributed by atoms with Crippen molar-refractivity contribution in [1.82, 2.24) is 0 Å². The molecule has 0 bridgehead atoms. The highest BCUT2D eigenvalue weighted by Crippen LogP contribution is 2.62. The van der Waals surface area contributed by atoms with Crippen molar-refractivity contribution in [3.63, 3.8) is 0 Å². The molecule has 0 aliphatic heterocycles. The number of allylic oxidation sites excluding steroid dienone is 2. The second kappa shape index (κ2) is 25.0. The van der Waals surface area contributed by atoms with E-state index in [2.05, 4.69) is 257 Å². The van der Waals surface area contributed by atoms with Crippen LogP contribution in [-0.4, -0.2) is 0 Å². The Morgan fingerprint density at radius 3 is 0.721 bits per heavy atom. The van der Waals surface area contributed by atoms with Gasteiger partial charge in [-0.25, -0.2) is 0 Å². The van der Waals surface area contributed by atoms with Gasteiger partial charge in [-0.2, -0.15) is 0 Å². The number of fused-ring (bicyclic) bond motifs is 9. The van der Waals surface area contributed by atoms with Crippen LogP contribution >= 0.6 is 0 Å². The first-order valence-electron chi connectivity index (χ1n) is 32.6. The molecule has 14 rings (SSSR count). The quantitative estimate of drug-likeness (QED) is 0.0469. The summed E-state index contributed by atoms with van der Waals surface area (Å²) in [6, 6.07) is 93.2. The van der Waals surface area contributed by atoms with Crippen LogP contribution in [0.3, 0.4) is 0 Å². The molecule has 0 heteroatoms. The maximum Gasteiger partial charge on any atom is -0.000740 e. The summed E-state index contributed by atoms with van der Waals surface area (Å²) in [6.45, 7) is 4.62. The first-order valence-corrected chi connectivity index (χ1v) is 32.6. The Kier molecular flexibility index (Phi) is 16.0. The normalized spacial score (nSPS) is 12.7. The molecule has 0 N–H and O–H groups in total. The van der Waals surface area contributed by atoms with E-state index in [0.717, 1.165) is 12.8 Å². The van der Waals surface area contributed by atoms with Crippen LogP contribution in [0.2, 0.25) is 0 Å². The second-order valence-electron chi connectivity index (χ2n) is 24.6. The fourth-order valence-electron chi connectivity index (χ4n) is 14.8. The van der Waals surface area contributed by atoms with E-state index in [0.29, 0.717) is 0 Å². The van der Waals surface area contributed by atoms with E-state index in [9.17, 15) is 0 Å². The van der Waals surface area contributed by atoms with Crippen molar-refractivity contribution in [1.29, 1.82) is 0 Å². The smallest absolute Gasteiger partial charge is 0.000740 e. The molecule has 12 aromatic rings. The van der Waals surface area contributed by atoms with E-state index in [1.54, 1.807) is 0 Å². The Balaban J connectivity index is 1.07. The molecule has 422 valence electrons. The summed E-state index contributed by atoms with van der Waals surface area (Å²) in [6.07, 6.45) is 20.6. The van der Waals surface area contributed by atoms with E-state index in [-0.39, 0.29) is 0 Å². The van der Waals surface area contributed by atoms with Gasteiger partial charge in [0.05, 0.1) is 0 Å². The lowest BCUT2D eigenvalue weighted by molar-refractivity contribution is 0.589. The third-order valence-electron chi connectivity index (χ3n) is 19.0.